The van der Waals surface area contributed by atoms with E-state index in [0.29, 0.717) is 55.2 Å². The Labute approximate surface area is 492 Å². The number of fused-ring (bicyclic) bond motifs is 2. The number of nitrogens with one attached hydrogen (secondary N) is 3. The molecule has 2 heterocycles. The number of esters is 2. The van der Waals surface area contributed by atoms with Gasteiger partial charge in [-0.3, -0.25) is 19.2 Å². The summed E-state index contributed by atoms with van der Waals surface area (Å²) in [5, 5.41) is 18.4. The number of alkyl halides is 6. The molecular weight excluding hydrogens is 1130 g/mol. The molecule has 0 aliphatic rings. The summed E-state index contributed by atoms with van der Waals surface area (Å²) in [6.45, 7) is 0. The smallest absolute Gasteiger partial charge is 0.416 e. The summed E-state index contributed by atoms with van der Waals surface area (Å²) in [5.74, 6) is -3.03. The van der Waals surface area contributed by atoms with Crippen LogP contribution in [-0.2, 0) is 31.4 Å². The van der Waals surface area contributed by atoms with Gasteiger partial charge in [-0.05, 0) is 130 Å². The van der Waals surface area contributed by atoms with E-state index in [-0.39, 0.29) is 28.3 Å². The number of nitrogens with zero attached hydrogens (tertiary/aromatic N) is 2. The third-order valence-corrected chi connectivity index (χ3v) is 13.2. The van der Waals surface area contributed by atoms with Gasteiger partial charge in [-0.1, -0.05) is 121 Å². The maximum atomic E-state index is 13.2. The summed E-state index contributed by atoms with van der Waals surface area (Å²) >= 11 is 0. The first-order valence-corrected chi connectivity index (χ1v) is 26.1. The molecule has 21 heteroatoms. The highest BCUT2D eigenvalue weighted by atomic mass is 19.4. The molecule has 0 spiro atoms. The van der Waals surface area contributed by atoms with Crippen molar-refractivity contribution in [3.8, 4) is 22.3 Å². The van der Waals surface area contributed by atoms with Crippen molar-refractivity contribution in [1.29, 1.82) is 0 Å². The standard InChI is InChI=1S/C33H24F3N3O4.C24H15F3N2O3.C9H11NO2/c1-43-32(42)29(21-7-3-2-4-8-21)39-30(40)23-13-17-27-22(19-23)14-18-28(37-27)38-31(41)26-10-6-5-9-25(26)20-11-15-24(16-12-20)33(34,35)36;25-24(26,27)17-9-5-14(6-10-17)18-3-1-2-4-19(18)22(30)29-21-12-8-15-13-16(23(31)32)7-11-20(15)28-21;1-12-9(11)8(10)7-5-3-2-4-6-7/h2-19,29H,1H3,(H,39,40)(H,37,38,41);1-13H,(H,31,32)(H,28,29,30);2-6,8H,10H2,1H3/t29-;;8-/m0.0/s1. The van der Waals surface area contributed by atoms with Gasteiger partial charge in [0.2, 0.25) is 0 Å². The Morgan fingerprint density at radius 2 is 0.862 bits per heavy atom. The number of amides is 3. The van der Waals surface area contributed by atoms with Crippen LogP contribution < -0.4 is 21.7 Å². The number of hydrogen-bond donors (Lipinski definition) is 5. The van der Waals surface area contributed by atoms with Gasteiger partial charge in [0.25, 0.3) is 17.7 Å². The maximum Gasteiger partial charge on any atom is 0.416 e. The Kier molecular flexibility index (Phi) is 19.6. The van der Waals surface area contributed by atoms with Crippen molar-refractivity contribution in [2.75, 3.05) is 24.9 Å². The average molecular weight is 1190 g/mol. The monoisotopic (exact) mass is 1180 g/mol. The zero-order valence-electron chi connectivity index (χ0n) is 45.9. The van der Waals surface area contributed by atoms with Crippen LogP contribution in [0.15, 0.2) is 218 Å². The second-order valence-corrected chi connectivity index (χ2v) is 18.9. The molecule has 0 aliphatic heterocycles. The zero-order chi connectivity index (χ0) is 62.4. The van der Waals surface area contributed by atoms with Crippen LogP contribution >= 0.6 is 0 Å². The predicted molar refractivity (Wildman–Crippen MR) is 314 cm³/mol. The van der Waals surface area contributed by atoms with Crippen molar-refractivity contribution < 1.29 is 69.7 Å². The van der Waals surface area contributed by atoms with E-state index in [4.69, 9.17) is 15.6 Å². The third kappa shape index (κ3) is 15.8. The lowest BCUT2D eigenvalue weighted by Crippen LogP contribution is -2.34. The number of rotatable bonds is 13. The number of carboxylic acids is 1. The molecule has 10 rings (SSSR count). The van der Waals surface area contributed by atoms with Gasteiger partial charge in [0, 0.05) is 27.5 Å². The van der Waals surface area contributed by atoms with E-state index < -0.39 is 71.2 Å². The molecule has 15 nitrogen and oxygen atoms in total. The Bertz CT molecular complexity index is 4130. The van der Waals surface area contributed by atoms with E-state index in [9.17, 15) is 55.1 Å². The molecule has 0 saturated carbocycles. The first-order valence-electron chi connectivity index (χ1n) is 26.1. The highest BCUT2D eigenvalue weighted by Gasteiger charge is 2.31. The summed E-state index contributed by atoms with van der Waals surface area (Å²) in [6, 6.07) is 54.2. The molecule has 0 fully saturated rings. The Hall–Kier alpha value is -11.1. The molecule has 6 N–H and O–H groups in total. The SMILES string of the molecule is COC(=O)[C@@H](N)c1ccccc1.COC(=O)[C@@H](NC(=O)c1ccc2nc(NC(=O)c3ccccc3-c3ccc(C(F)(F)F)cc3)ccc2c1)c1ccccc1.O=C(O)c1ccc2nc(NC(=O)c3ccccc3-c3ccc(C(F)(F)F)cc3)ccc2c1. The van der Waals surface area contributed by atoms with E-state index in [1.54, 1.807) is 140 Å². The average Bonchev–Trinajstić information content (AvgIpc) is 3.01. The number of pyridine rings is 2. The quantitative estimate of drug-likeness (QED) is 0.0536. The number of hydrogen-bond acceptors (Lipinski definition) is 11. The van der Waals surface area contributed by atoms with E-state index in [0.717, 1.165) is 29.8 Å². The highest BCUT2D eigenvalue weighted by molar-refractivity contribution is 6.10. The molecule has 0 saturated heterocycles. The molecular formula is C66H50F6N6O9. The number of anilines is 2. The Balaban J connectivity index is 0.000000195. The largest absolute Gasteiger partial charge is 0.478 e. The van der Waals surface area contributed by atoms with Gasteiger partial charge in [0.15, 0.2) is 6.04 Å². The molecule has 0 aliphatic carbocycles. The lowest BCUT2D eigenvalue weighted by Gasteiger charge is -2.17. The van der Waals surface area contributed by atoms with Crippen molar-refractivity contribution in [3.63, 3.8) is 0 Å². The lowest BCUT2D eigenvalue weighted by atomic mass is 9.98. The first kappa shape index (κ1) is 62.0. The molecule has 440 valence electrons. The summed E-state index contributed by atoms with van der Waals surface area (Å²) in [6.07, 6.45) is -8.90. The molecule has 3 amide bonds. The first-order chi connectivity index (χ1) is 41.6. The molecule has 2 aromatic heterocycles. The number of carbonyl (C=O) groups excluding carboxylic acids is 5. The number of methoxy groups -OCH3 is 2. The molecule has 0 unspecified atom stereocenters. The minimum atomic E-state index is -4.46. The van der Waals surface area contributed by atoms with Gasteiger partial charge in [-0.15, -0.1) is 0 Å². The third-order valence-electron chi connectivity index (χ3n) is 13.2. The fourth-order valence-corrected chi connectivity index (χ4v) is 8.75. The van der Waals surface area contributed by atoms with Crippen LogP contribution in [0.3, 0.4) is 0 Å². The number of ether oxygens (including phenoxy) is 2. The second-order valence-electron chi connectivity index (χ2n) is 18.9. The fourth-order valence-electron chi connectivity index (χ4n) is 8.75. The van der Waals surface area contributed by atoms with Crippen molar-refractivity contribution in [2.24, 2.45) is 5.73 Å². The Morgan fingerprint density at radius 1 is 0.460 bits per heavy atom. The van der Waals surface area contributed by atoms with Crippen LogP contribution in [0.4, 0.5) is 38.0 Å². The predicted octanol–water partition coefficient (Wildman–Crippen LogP) is 13.5. The second kappa shape index (κ2) is 27.6. The van der Waals surface area contributed by atoms with Crippen LogP contribution in [0.1, 0.15) is 75.8 Å². The topological polar surface area (TPSA) is 229 Å². The molecule has 2 atom stereocenters. The van der Waals surface area contributed by atoms with Crippen LogP contribution in [0, 0.1) is 0 Å². The number of benzene rings is 8. The number of nitrogens with two attached hydrogens (primary N) is 1. The lowest BCUT2D eigenvalue weighted by molar-refractivity contribution is -0.143. The van der Waals surface area contributed by atoms with Gasteiger partial charge in [0.1, 0.15) is 17.7 Å². The van der Waals surface area contributed by atoms with Gasteiger partial charge < -0.3 is 36.3 Å². The van der Waals surface area contributed by atoms with Gasteiger partial charge in [0.05, 0.1) is 41.9 Å². The highest BCUT2D eigenvalue weighted by Crippen LogP contribution is 2.34. The molecule has 10 aromatic rings. The van der Waals surface area contributed by atoms with E-state index >= 15 is 0 Å². The van der Waals surface area contributed by atoms with Crippen molar-refractivity contribution in [3.05, 3.63) is 263 Å². The molecule has 0 radical (unpaired) electrons. The van der Waals surface area contributed by atoms with Crippen LogP contribution in [0.5, 0.6) is 0 Å². The summed E-state index contributed by atoms with van der Waals surface area (Å²) in [4.78, 5) is 82.3. The van der Waals surface area contributed by atoms with Gasteiger partial charge >= 0.3 is 30.3 Å². The number of halogens is 6. The summed E-state index contributed by atoms with van der Waals surface area (Å²) in [7, 11) is 2.57. The van der Waals surface area contributed by atoms with Crippen LogP contribution in [0.2, 0.25) is 0 Å². The minimum absolute atomic E-state index is 0.126. The maximum absolute atomic E-state index is 13.2. The Morgan fingerprint density at radius 3 is 1.29 bits per heavy atom. The number of aromatic carboxylic acids is 1. The normalized spacial score (nSPS) is 11.7. The van der Waals surface area contributed by atoms with Crippen LogP contribution in [-0.4, -0.2) is 64.9 Å². The molecule has 87 heavy (non-hydrogen) atoms. The molecule has 8 aromatic carbocycles. The van der Waals surface area contributed by atoms with Gasteiger partial charge in [-0.25, -0.2) is 19.6 Å². The molecule has 0 bridgehead atoms. The summed E-state index contributed by atoms with van der Waals surface area (Å²) < 4.78 is 86.9. The number of carboxylic acid groups (broad SMARTS) is 1. The minimum Gasteiger partial charge on any atom is -0.478 e. The van der Waals surface area contributed by atoms with E-state index in [1.807, 2.05) is 18.2 Å². The van der Waals surface area contributed by atoms with Crippen molar-refractivity contribution in [1.82, 2.24) is 15.3 Å². The fraction of sp³-hybridized carbons (Fsp3) is 0.0909. The summed E-state index contributed by atoms with van der Waals surface area (Å²) in [5.41, 5.74) is 9.19. The zero-order valence-corrected chi connectivity index (χ0v) is 45.9. The van der Waals surface area contributed by atoms with Crippen LogP contribution in [0.25, 0.3) is 44.1 Å². The number of aromatic nitrogens is 2. The number of carbonyl (C=O) groups is 6. The van der Waals surface area contributed by atoms with Crippen molar-refractivity contribution in [2.45, 2.75) is 24.4 Å². The van der Waals surface area contributed by atoms with Crippen molar-refractivity contribution >= 4 is 69.1 Å². The van der Waals surface area contributed by atoms with E-state index in [2.05, 4.69) is 30.7 Å². The van der Waals surface area contributed by atoms with E-state index in [1.165, 1.54) is 50.6 Å². The van der Waals surface area contributed by atoms with Gasteiger partial charge in [-0.2, -0.15) is 26.3 Å².